The van der Waals surface area contributed by atoms with Gasteiger partial charge in [-0.2, -0.15) is 0 Å². The van der Waals surface area contributed by atoms with Crippen molar-refractivity contribution in [2.45, 2.75) is 0 Å². The molecule has 0 spiro atoms. The molecule has 0 rings (SSSR count). The van der Waals surface area contributed by atoms with Crippen LogP contribution in [0.1, 0.15) is 0 Å². The fraction of sp³-hybridized carbons (Fsp3) is 0. The van der Waals surface area contributed by atoms with Crippen LogP contribution in [0.15, 0.2) is 0 Å². The van der Waals surface area contributed by atoms with Crippen LogP contribution in [0.3, 0.4) is 0 Å². The first-order valence-electron chi connectivity index (χ1n) is 0. The maximum atomic E-state index is 0. The standard InChI is InChI=1S/2H2O.2Pt/h2*1H2;;. The smallest absolute Gasteiger partial charge is 0 e. The molecule has 0 aromatic rings. The van der Waals surface area contributed by atoms with Gasteiger partial charge in [-0.05, 0) is 0 Å². The summed E-state index contributed by atoms with van der Waals surface area (Å²) in [5.74, 6) is 0. The van der Waals surface area contributed by atoms with Crippen molar-refractivity contribution in [1.29, 1.82) is 0 Å². The van der Waals surface area contributed by atoms with Gasteiger partial charge < -0.3 is 11.0 Å². The SMILES string of the molecule is O.O.[Pt].[Pt]. The molecule has 0 aliphatic heterocycles. The van der Waals surface area contributed by atoms with Crippen molar-refractivity contribution >= 4 is 0 Å². The average Bonchev–Trinajstić information content (AvgIpc) is 0. The molecule has 0 unspecified atom stereocenters. The molecular formula is H4O2Pt2. The minimum Gasteiger partial charge on any atom is -0.412 e. The maximum absolute atomic E-state index is 0. The molecule has 0 saturated carbocycles. The minimum absolute atomic E-state index is 0. The van der Waals surface area contributed by atoms with E-state index in [1.165, 1.54) is 0 Å². The fourth-order valence-electron chi connectivity index (χ4n) is 0. The Morgan fingerprint density at radius 1 is 0.500 bits per heavy atom. The predicted molar refractivity (Wildman–Crippen MR) is 7.23 cm³/mol. The second-order valence-electron chi connectivity index (χ2n) is 0. The van der Waals surface area contributed by atoms with E-state index >= 15 is 0 Å². The molecule has 2 nitrogen and oxygen atoms in total. The van der Waals surface area contributed by atoms with Gasteiger partial charge in [0.15, 0.2) is 0 Å². The molecule has 0 aliphatic carbocycles. The number of hydrogen-bond acceptors (Lipinski definition) is 0. The summed E-state index contributed by atoms with van der Waals surface area (Å²) in [6, 6.07) is 0. The third kappa shape index (κ3) is 10.3. The molecule has 0 saturated heterocycles. The summed E-state index contributed by atoms with van der Waals surface area (Å²) in [6.45, 7) is 0. The van der Waals surface area contributed by atoms with E-state index in [9.17, 15) is 0 Å². The summed E-state index contributed by atoms with van der Waals surface area (Å²) < 4.78 is 0. The van der Waals surface area contributed by atoms with Crippen LogP contribution in [0, 0.1) is 0 Å². The zero-order chi connectivity index (χ0) is 0. The molecule has 0 bridgehead atoms. The molecule has 36 valence electrons. The Morgan fingerprint density at radius 3 is 0.500 bits per heavy atom. The van der Waals surface area contributed by atoms with Gasteiger partial charge in [0.25, 0.3) is 0 Å². The zero-order valence-electron chi connectivity index (χ0n) is 1.63. The molecule has 4 heteroatoms. The van der Waals surface area contributed by atoms with E-state index in [2.05, 4.69) is 0 Å². The van der Waals surface area contributed by atoms with E-state index in [4.69, 9.17) is 0 Å². The van der Waals surface area contributed by atoms with Gasteiger partial charge in [-0.1, -0.05) is 0 Å². The Balaban J connectivity index is 0. The van der Waals surface area contributed by atoms with E-state index in [0.29, 0.717) is 0 Å². The van der Waals surface area contributed by atoms with Crippen LogP contribution in [0.4, 0.5) is 0 Å². The van der Waals surface area contributed by atoms with Crippen LogP contribution in [0.2, 0.25) is 0 Å². The van der Waals surface area contributed by atoms with Crippen molar-refractivity contribution in [1.82, 2.24) is 0 Å². The van der Waals surface area contributed by atoms with Crippen LogP contribution in [0.25, 0.3) is 0 Å². The summed E-state index contributed by atoms with van der Waals surface area (Å²) in [5, 5.41) is 0. The molecule has 0 amide bonds. The summed E-state index contributed by atoms with van der Waals surface area (Å²) in [4.78, 5) is 0. The predicted octanol–water partition coefficient (Wildman–Crippen LogP) is -1.65. The topological polar surface area (TPSA) is 63.0 Å². The fourth-order valence-corrected chi connectivity index (χ4v) is 0. The van der Waals surface area contributed by atoms with Crippen LogP contribution in [-0.2, 0) is 42.1 Å². The quantitative estimate of drug-likeness (QED) is 0.446. The van der Waals surface area contributed by atoms with E-state index in [1.54, 1.807) is 0 Å². The van der Waals surface area contributed by atoms with Gasteiger partial charge in [-0.25, -0.2) is 0 Å². The summed E-state index contributed by atoms with van der Waals surface area (Å²) >= 11 is 0. The van der Waals surface area contributed by atoms with Crippen LogP contribution < -0.4 is 0 Å². The van der Waals surface area contributed by atoms with Gasteiger partial charge >= 0.3 is 0 Å². The van der Waals surface area contributed by atoms with Crippen molar-refractivity contribution in [3.8, 4) is 0 Å². The Hall–Kier alpha value is 1.30. The van der Waals surface area contributed by atoms with E-state index in [-0.39, 0.29) is 53.1 Å². The van der Waals surface area contributed by atoms with Gasteiger partial charge in [-0.3, -0.25) is 0 Å². The van der Waals surface area contributed by atoms with Gasteiger partial charge in [0, 0.05) is 42.1 Å². The summed E-state index contributed by atoms with van der Waals surface area (Å²) in [5.41, 5.74) is 0. The first-order chi connectivity index (χ1) is 0. The first-order valence-corrected chi connectivity index (χ1v) is 0. The molecule has 0 aromatic carbocycles. The molecular weight excluding hydrogens is 422 g/mol. The van der Waals surface area contributed by atoms with Crippen molar-refractivity contribution in [2.75, 3.05) is 0 Å². The van der Waals surface area contributed by atoms with E-state index in [1.807, 2.05) is 0 Å². The van der Waals surface area contributed by atoms with Gasteiger partial charge in [-0.15, -0.1) is 0 Å². The maximum Gasteiger partial charge on any atom is 0 e. The van der Waals surface area contributed by atoms with E-state index in [0.717, 1.165) is 0 Å². The van der Waals surface area contributed by atoms with Crippen LogP contribution in [-0.4, -0.2) is 11.0 Å². The monoisotopic (exact) mass is 426 g/mol. The van der Waals surface area contributed by atoms with Crippen molar-refractivity contribution < 1.29 is 53.1 Å². The van der Waals surface area contributed by atoms with Gasteiger partial charge in [0.1, 0.15) is 0 Å². The van der Waals surface area contributed by atoms with E-state index < -0.39 is 0 Å². The molecule has 4 heavy (non-hydrogen) atoms. The molecule has 0 heterocycles. The Labute approximate surface area is 53.1 Å². The average molecular weight is 426 g/mol. The summed E-state index contributed by atoms with van der Waals surface area (Å²) in [6.07, 6.45) is 0. The molecule has 0 aromatic heterocycles. The van der Waals surface area contributed by atoms with Crippen LogP contribution in [0.5, 0.6) is 0 Å². The van der Waals surface area contributed by atoms with Gasteiger partial charge in [0.05, 0.1) is 0 Å². The third-order valence-corrected chi connectivity index (χ3v) is 0. The molecule has 0 radical (unpaired) electrons. The second-order valence-corrected chi connectivity index (χ2v) is 0. The second kappa shape index (κ2) is 27.8. The number of rotatable bonds is 0. The molecule has 4 N–H and O–H groups in total. The minimum atomic E-state index is 0. The Kier molecular flexibility index (Phi) is 404. The van der Waals surface area contributed by atoms with Crippen molar-refractivity contribution in [2.24, 2.45) is 0 Å². The molecule has 0 aliphatic rings. The van der Waals surface area contributed by atoms with Crippen molar-refractivity contribution in [3.05, 3.63) is 0 Å². The normalized spacial score (nSPS) is 0. The van der Waals surface area contributed by atoms with Crippen LogP contribution >= 0.6 is 0 Å². The Bertz CT molecular complexity index is 4.00. The Morgan fingerprint density at radius 2 is 0.500 bits per heavy atom. The van der Waals surface area contributed by atoms with Gasteiger partial charge in [0.2, 0.25) is 0 Å². The largest absolute Gasteiger partial charge is 0.412 e. The zero-order valence-corrected chi connectivity index (χ0v) is 6.18. The number of hydrogen-bond donors (Lipinski definition) is 0. The summed E-state index contributed by atoms with van der Waals surface area (Å²) in [7, 11) is 0. The van der Waals surface area contributed by atoms with Crippen molar-refractivity contribution in [3.63, 3.8) is 0 Å². The third-order valence-electron chi connectivity index (χ3n) is 0. The first kappa shape index (κ1) is 58.2. The molecule has 0 fully saturated rings. The molecule has 0 atom stereocenters.